The van der Waals surface area contributed by atoms with Crippen LogP contribution < -0.4 is 5.73 Å². The van der Waals surface area contributed by atoms with Crippen LogP contribution in [-0.2, 0) is 6.54 Å². The van der Waals surface area contributed by atoms with Crippen LogP contribution in [0.25, 0.3) is 10.9 Å². The zero-order valence-corrected chi connectivity index (χ0v) is 16.5. The number of hydrogen-bond acceptors (Lipinski definition) is 6. The number of likely N-dealkylation sites (N-methyl/N-ethyl adjacent to an activating group) is 1. The van der Waals surface area contributed by atoms with Crippen molar-refractivity contribution in [2.45, 2.75) is 25.9 Å². The topological polar surface area (TPSA) is 88.2 Å². The van der Waals surface area contributed by atoms with E-state index in [1.54, 1.807) is 31.3 Å². The van der Waals surface area contributed by atoms with Crippen molar-refractivity contribution >= 4 is 22.6 Å². The number of nitrogens with two attached hydrogens (primary N) is 1. The fourth-order valence-corrected chi connectivity index (χ4v) is 3.75. The van der Waals surface area contributed by atoms with Gasteiger partial charge in [-0.2, -0.15) is 0 Å². The summed E-state index contributed by atoms with van der Waals surface area (Å²) in [5.74, 6) is 0.736. The molecule has 3 aromatic rings. The minimum absolute atomic E-state index is 0.0441. The molecule has 1 aromatic carbocycles. The minimum atomic E-state index is -0.335. The number of benzene rings is 1. The first-order valence-corrected chi connectivity index (χ1v) is 9.54. The number of carbonyl (C=O) groups is 1. The van der Waals surface area contributed by atoms with Gasteiger partial charge < -0.3 is 10.6 Å². The first-order chi connectivity index (χ1) is 13.9. The largest absolute Gasteiger partial charge is 0.384 e. The maximum atomic E-state index is 13.4. The SMILES string of the molecule is Cc1nc2cc(F)ccc2cc1C(=O)N1CC[C@@H](N(C)Cc2nccc(N)n2)C1. The fraction of sp³-hybridized carbons (Fsp3) is 0.333. The van der Waals surface area contributed by atoms with E-state index in [1.165, 1.54) is 12.1 Å². The molecule has 8 heteroatoms. The van der Waals surface area contributed by atoms with Crippen LogP contribution in [0.4, 0.5) is 10.2 Å². The number of aryl methyl sites for hydroxylation is 1. The van der Waals surface area contributed by atoms with Crippen molar-refractivity contribution < 1.29 is 9.18 Å². The molecule has 1 amide bonds. The van der Waals surface area contributed by atoms with E-state index < -0.39 is 0 Å². The van der Waals surface area contributed by atoms with Gasteiger partial charge in [-0.05, 0) is 44.7 Å². The van der Waals surface area contributed by atoms with Gasteiger partial charge in [-0.25, -0.2) is 14.4 Å². The summed E-state index contributed by atoms with van der Waals surface area (Å²) in [6.45, 7) is 3.65. The lowest BCUT2D eigenvalue weighted by molar-refractivity contribution is 0.0778. The zero-order chi connectivity index (χ0) is 20.5. The van der Waals surface area contributed by atoms with Crippen molar-refractivity contribution in [3.8, 4) is 0 Å². The van der Waals surface area contributed by atoms with Crippen LogP contribution in [0.1, 0.15) is 28.3 Å². The molecule has 4 rings (SSSR count). The van der Waals surface area contributed by atoms with Gasteiger partial charge in [0.05, 0.1) is 23.3 Å². The Hall–Kier alpha value is -3.13. The summed E-state index contributed by atoms with van der Waals surface area (Å²) in [6, 6.07) is 8.10. The Morgan fingerprint density at radius 3 is 2.93 bits per heavy atom. The van der Waals surface area contributed by atoms with E-state index in [0.29, 0.717) is 48.1 Å². The van der Waals surface area contributed by atoms with Crippen molar-refractivity contribution in [2.75, 3.05) is 25.9 Å². The fourth-order valence-electron chi connectivity index (χ4n) is 3.75. The number of halogens is 1. The van der Waals surface area contributed by atoms with E-state index in [4.69, 9.17) is 5.73 Å². The second kappa shape index (κ2) is 7.71. The maximum Gasteiger partial charge on any atom is 0.255 e. The van der Waals surface area contributed by atoms with Gasteiger partial charge in [0.25, 0.3) is 5.91 Å². The minimum Gasteiger partial charge on any atom is -0.384 e. The molecule has 0 bridgehead atoms. The molecule has 0 unspecified atom stereocenters. The van der Waals surface area contributed by atoms with Gasteiger partial charge in [-0.3, -0.25) is 14.7 Å². The van der Waals surface area contributed by atoms with E-state index in [1.807, 2.05) is 11.9 Å². The van der Waals surface area contributed by atoms with Gasteiger partial charge in [-0.15, -0.1) is 0 Å². The van der Waals surface area contributed by atoms with Gasteiger partial charge in [0.15, 0.2) is 0 Å². The van der Waals surface area contributed by atoms with E-state index in [2.05, 4.69) is 19.9 Å². The highest BCUT2D eigenvalue weighted by molar-refractivity contribution is 5.98. The number of nitrogens with zero attached hydrogens (tertiary/aromatic N) is 5. The van der Waals surface area contributed by atoms with Crippen molar-refractivity contribution in [3.05, 3.63) is 59.4 Å². The summed E-state index contributed by atoms with van der Waals surface area (Å²) in [6.07, 6.45) is 2.52. The summed E-state index contributed by atoms with van der Waals surface area (Å²) in [5, 5.41) is 0.757. The molecule has 2 N–H and O–H groups in total. The van der Waals surface area contributed by atoms with E-state index in [9.17, 15) is 9.18 Å². The lowest BCUT2D eigenvalue weighted by Crippen LogP contribution is -2.36. The number of fused-ring (bicyclic) bond motifs is 1. The molecule has 2 aromatic heterocycles. The lowest BCUT2D eigenvalue weighted by atomic mass is 10.1. The van der Waals surface area contributed by atoms with Gasteiger partial charge in [0.1, 0.15) is 17.5 Å². The molecule has 1 fully saturated rings. The molecule has 0 aliphatic carbocycles. The third kappa shape index (κ3) is 4.02. The average molecular weight is 394 g/mol. The summed E-state index contributed by atoms with van der Waals surface area (Å²) in [7, 11) is 2.00. The highest BCUT2D eigenvalue weighted by Gasteiger charge is 2.30. The van der Waals surface area contributed by atoms with Crippen LogP contribution in [0.15, 0.2) is 36.5 Å². The molecule has 3 heterocycles. The van der Waals surface area contributed by atoms with Crippen LogP contribution >= 0.6 is 0 Å². The quantitative estimate of drug-likeness (QED) is 0.731. The van der Waals surface area contributed by atoms with E-state index in [-0.39, 0.29) is 17.8 Å². The normalized spacial score (nSPS) is 16.7. The predicted molar refractivity (Wildman–Crippen MR) is 109 cm³/mol. The number of anilines is 1. The Morgan fingerprint density at radius 1 is 1.31 bits per heavy atom. The van der Waals surface area contributed by atoms with Crippen LogP contribution in [0.3, 0.4) is 0 Å². The van der Waals surface area contributed by atoms with Crippen LogP contribution in [0.2, 0.25) is 0 Å². The van der Waals surface area contributed by atoms with Gasteiger partial charge in [0, 0.05) is 36.8 Å². The molecular weight excluding hydrogens is 371 g/mol. The standard InChI is InChI=1S/C21H23FN6O/c1-13-17(9-14-3-4-15(22)10-18(14)25-13)21(29)28-8-6-16(11-28)27(2)12-20-24-7-5-19(23)26-20/h3-5,7,9-10,16H,6,8,11-12H2,1-2H3,(H2,23,24,26)/t16-/m1/s1. The molecule has 150 valence electrons. The number of likely N-dealkylation sites (tertiary alicyclic amines) is 1. The number of rotatable bonds is 4. The monoisotopic (exact) mass is 394 g/mol. The number of nitrogen functional groups attached to an aromatic ring is 1. The maximum absolute atomic E-state index is 13.4. The van der Waals surface area contributed by atoms with Crippen LogP contribution in [0, 0.1) is 12.7 Å². The second-order valence-electron chi connectivity index (χ2n) is 7.46. The molecule has 0 spiro atoms. The first-order valence-electron chi connectivity index (χ1n) is 9.54. The molecule has 1 saturated heterocycles. The predicted octanol–water partition coefficient (Wildman–Crippen LogP) is 2.40. The number of carbonyl (C=O) groups excluding carboxylic acids is 1. The van der Waals surface area contributed by atoms with Crippen LogP contribution in [-0.4, -0.2) is 56.8 Å². The van der Waals surface area contributed by atoms with E-state index >= 15 is 0 Å². The number of hydrogen-bond donors (Lipinski definition) is 1. The number of aromatic nitrogens is 3. The average Bonchev–Trinajstić information content (AvgIpc) is 3.17. The summed E-state index contributed by atoms with van der Waals surface area (Å²) in [5.41, 5.74) is 7.45. The molecule has 1 aliphatic heterocycles. The van der Waals surface area contributed by atoms with Crippen molar-refractivity contribution in [1.82, 2.24) is 24.8 Å². The molecule has 7 nitrogen and oxygen atoms in total. The Kier molecular flexibility index (Phi) is 5.10. The Morgan fingerprint density at radius 2 is 2.14 bits per heavy atom. The van der Waals surface area contributed by atoms with Crippen molar-refractivity contribution in [1.29, 1.82) is 0 Å². The highest BCUT2D eigenvalue weighted by Crippen LogP contribution is 2.22. The summed E-state index contributed by atoms with van der Waals surface area (Å²) in [4.78, 5) is 30.0. The van der Waals surface area contributed by atoms with Crippen molar-refractivity contribution in [3.63, 3.8) is 0 Å². The highest BCUT2D eigenvalue weighted by atomic mass is 19.1. The Bertz CT molecular complexity index is 1070. The molecule has 29 heavy (non-hydrogen) atoms. The summed E-state index contributed by atoms with van der Waals surface area (Å²) >= 11 is 0. The molecular formula is C21H23FN6O. The van der Waals surface area contributed by atoms with Gasteiger partial charge >= 0.3 is 0 Å². The third-order valence-electron chi connectivity index (χ3n) is 5.39. The zero-order valence-electron chi connectivity index (χ0n) is 16.5. The van der Waals surface area contributed by atoms with Gasteiger partial charge in [0.2, 0.25) is 0 Å². The molecule has 0 radical (unpaired) electrons. The Balaban J connectivity index is 1.47. The summed E-state index contributed by atoms with van der Waals surface area (Å²) < 4.78 is 13.4. The van der Waals surface area contributed by atoms with Crippen molar-refractivity contribution in [2.24, 2.45) is 0 Å². The van der Waals surface area contributed by atoms with Crippen LogP contribution in [0.5, 0.6) is 0 Å². The smallest absolute Gasteiger partial charge is 0.255 e. The lowest BCUT2D eigenvalue weighted by Gasteiger charge is -2.24. The molecule has 0 saturated carbocycles. The second-order valence-corrected chi connectivity index (χ2v) is 7.46. The third-order valence-corrected chi connectivity index (χ3v) is 5.39. The number of amides is 1. The molecule has 1 atom stereocenters. The van der Waals surface area contributed by atoms with Gasteiger partial charge in [-0.1, -0.05) is 0 Å². The first kappa shape index (κ1) is 19.2. The number of pyridine rings is 1. The van der Waals surface area contributed by atoms with E-state index in [0.717, 1.165) is 11.8 Å². The molecule has 1 aliphatic rings. The Labute approximate surface area is 168 Å².